The maximum absolute atomic E-state index is 12.7. The van der Waals surface area contributed by atoms with Crippen LogP contribution < -0.4 is 19.6 Å². The zero-order valence-corrected chi connectivity index (χ0v) is 15.0. The Morgan fingerprint density at radius 1 is 1.07 bits per heavy atom. The number of nitrogens with zero attached hydrogens (tertiary/aromatic N) is 2. The normalized spacial score (nSPS) is 11.4. The Balaban J connectivity index is 2.34. The number of methoxy groups -OCH3 is 3. The average Bonchev–Trinajstić information content (AvgIpc) is 2.66. The van der Waals surface area contributed by atoms with Crippen molar-refractivity contribution in [1.29, 1.82) is 0 Å². The summed E-state index contributed by atoms with van der Waals surface area (Å²) in [4.78, 5) is 10.2. The van der Waals surface area contributed by atoms with E-state index >= 15 is 0 Å². The van der Waals surface area contributed by atoms with Crippen molar-refractivity contribution in [3.05, 3.63) is 51.6 Å². The lowest BCUT2D eigenvalue weighted by Gasteiger charge is -2.13. The molecule has 150 valence electrons. The van der Waals surface area contributed by atoms with Gasteiger partial charge < -0.3 is 14.2 Å². The van der Waals surface area contributed by atoms with E-state index in [0.717, 1.165) is 12.1 Å². The van der Waals surface area contributed by atoms with Crippen LogP contribution in [0.25, 0.3) is 0 Å². The minimum atomic E-state index is -4.69. The zero-order valence-electron chi connectivity index (χ0n) is 15.0. The molecule has 0 aliphatic heterocycles. The van der Waals surface area contributed by atoms with Crippen LogP contribution in [0.5, 0.6) is 17.2 Å². The first-order valence-electron chi connectivity index (χ1n) is 7.66. The van der Waals surface area contributed by atoms with Crippen LogP contribution in [-0.2, 0) is 6.18 Å². The van der Waals surface area contributed by atoms with Gasteiger partial charge in [0.05, 0.1) is 38.0 Å². The van der Waals surface area contributed by atoms with Crippen molar-refractivity contribution >= 4 is 17.6 Å². The van der Waals surface area contributed by atoms with Crippen molar-refractivity contribution in [3.8, 4) is 17.2 Å². The Hall–Kier alpha value is -3.50. The van der Waals surface area contributed by atoms with E-state index in [0.29, 0.717) is 28.9 Å². The van der Waals surface area contributed by atoms with Gasteiger partial charge in [0.2, 0.25) is 5.75 Å². The monoisotopic (exact) mass is 399 g/mol. The van der Waals surface area contributed by atoms with Crippen LogP contribution in [0, 0.1) is 10.1 Å². The van der Waals surface area contributed by atoms with E-state index < -0.39 is 22.4 Å². The van der Waals surface area contributed by atoms with Gasteiger partial charge in [-0.25, -0.2) is 0 Å². The Morgan fingerprint density at radius 2 is 1.75 bits per heavy atom. The number of ether oxygens (including phenoxy) is 3. The van der Waals surface area contributed by atoms with Gasteiger partial charge in [-0.3, -0.25) is 15.5 Å². The van der Waals surface area contributed by atoms with E-state index in [4.69, 9.17) is 14.2 Å². The molecular weight excluding hydrogens is 383 g/mol. The van der Waals surface area contributed by atoms with Crippen molar-refractivity contribution < 1.29 is 32.3 Å². The SMILES string of the molecule is COc1ccc(/C=N/Nc2ccc(C(F)(F)F)cc2[N+](=O)[O-])c(OC)c1OC. The van der Waals surface area contributed by atoms with Gasteiger partial charge in [0.25, 0.3) is 5.69 Å². The highest BCUT2D eigenvalue weighted by Gasteiger charge is 2.33. The van der Waals surface area contributed by atoms with Crippen molar-refractivity contribution in [2.75, 3.05) is 26.8 Å². The molecule has 1 N–H and O–H groups in total. The summed E-state index contributed by atoms with van der Waals surface area (Å²) in [5.74, 6) is 1.03. The summed E-state index contributed by atoms with van der Waals surface area (Å²) in [7, 11) is 4.28. The van der Waals surface area contributed by atoms with Gasteiger partial charge in [-0.2, -0.15) is 18.3 Å². The zero-order chi connectivity index (χ0) is 20.9. The number of hydrogen-bond acceptors (Lipinski definition) is 7. The van der Waals surface area contributed by atoms with Crippen LogP contribution in [-0.4, -0.2) is 32.5 Å². The number of nitrogens with one attached hydrogen (secondary N) is 1. The summed E-state index contributed by atoms with van der Waals surface area (Å²) in [6, 6.07) is 5.30. The molecule has 0 atom stereocenters. The number of halogens is 3. The molecule has 2 aromatic rings. The highest BCUT2D eigenvalue weighted by Crippen LogP contribution is 2.39. The fourth-order valence-corrected chi connectivity index (χ4v) is 2.35. The number of nitro benzene ring substituents is 1. The average molecular weight is 399 g/mol. The van der Waals surface area contributed by atoms with Gasteiger partial charge in [-0.15, -0.1) is 0 Å². The van der Waals surface area contributed by atoms with E-state index in [9.17, 15) is 23.3 Å². The second-order valence-electron chi connectivity index (χ2n) is 5.28. The lowest BCUT2D eigenvalue weighted by Crippen LogP contribution is -2.06. The van der Waals surface area contributed by atoms with E-state index in [1.807, 2.05) is 0 Å². The molecule has 0 spiro atoms. The molecule has 28 heavy (non-hydrogen) atoms. The van der Waals surface area contributed by atoms with Crippen molar-refractivity contribution in [3.63, 3.8) is 0 Å². The predicted molar refractivity (Wildman–Crippen MR) is 95.4 cm³/mol. The second-order valence-corrected chi connectivity index (χ2v) is 5.28. The Labute approximate surface area is 157 Å². The van der Waals surface area contributed by atoms with Gasteiger partial charge >= 0.3 is 6.18 Å². The van der Waals surface area contributed by atoms with Crippen LogP contribution in [0.1, 0.15) is 11.1 Å². The highest BCUT2D eigenvalue weighted by atomic mass is 19.4. The third-order valence-corrected chi connectivity index (χ3v) is 3.65. The van der Waals surface area contributed by atoms with Crippen molar-refractivity contribution in [1.82, 2.24) is 0 Å². The molecule has 0 bridgehead atoms. The van der Waals surface area contributed by atoms with Crippen LogP contribution in [0.3, 0.4) is 0 Å². The first-order chi connectivity index (χ1) is 13.2. The third kappa shape index (κ3) is 4.42. The fraction of sp³-hybridized carbons (Fsp3) is 0.235. The molecule has 2 rings (SSSR count). The van der Waals surface area contributed by atoms with Crippen LogP contribution in [0.4, 0.5) is 24.5 Å². The molecule has 11 heteroatoms. The van der Waals surface area contributed by atoms with Crippen LogP contribution in [0.2, 0.25) is 0 Å². The maximum atomic E-state index is 12.7. The molecule has 0 aliphatic rings. The second kappa shape index (κ2) is 8.46. The first-order valence-corrected chi connectivity index (χ1v) is 7.66. The summed E-state index contributed by atoms with van der Waals surface area (Å²) in [5.41, 5.74) is 0.731. The first kappa shape index (κ1) is 20.8. The quantitative estimate of drug-likeness (QED) is 0.428. The topological polar surface area (TPSA) is 95.2 Å². The number of anilines is 1. The molecule has 0 unspecified atom stereocenters. The molecule has 8 nitrogen and oxygen atoms in total. The van der Waals surface area contributed by atoms with Gasteiger partial charge in [-0.05, 0) is 24.3 Å². The van der Waals surface area contributed by atoms with Gasteiger partial charge in [0.15, 0.2) is 11.5 Å². The van der Waals surface area contributed by atoms with Gasteiger partial charge in [0, 0.05) is 11.6 Å². The summed E-state index contributed by atoms with van der Waals surface area (Å²) in [6.07, 6.45) is -3.41. The minimum absolute atomic E-state index is 0.200. The van der Waals surface area contributed by atoms with E-state index in [1.165, 1.54) is 27.5 Å². The number of hydrazone groups is 1. The molecule has 0 amide bonds. The summed E-state index contributed by atoms with van der Waals surface area (Å²) >= 11 is 0. The molecule has 2 aromatic carbocycles. The van der Waals surface area contributed by atoms with E-state index in [2.05, 4.69) is 10.5 Å². The smallest absolute Gasteiger partial charge is 0.416 e. The lowest BCUT2D eigenvalue weighted by molar-refractivity contribution is -0.384. The van der Waals surface area contributed by atoms with E-state index in [-0.39, 0.29) is 5.69 Å². The summed E-state index contributed by atoms with van der Waals surface area (Å²) in [5, 5.41) is 14.9. The maximum Gasteiger partial charge on any atom is 0.416 e. The number of rotatable bonds is 7. The lowest BCUT2D eigenvalue weighted by atomic mass is 10.1. The van der Waals surface area contributed by atoms with E-state index in [1.54, 1.807) is 12.1 Å². The van der Waals surface area contributed by atoms with Crippen LogP contribution >= 0.6 is 0 Å². The molecular formula is C17H16F3N3O5. The molecule has 0 saturated heterocycles. The van der Waals surface area contributed by atoms with Crippen molar-refractivity contribution in [2.45, 2.75) is 6.18 Å². The largest absolute Gasteiger partial charge is 0.493 e. The third-order valence-electron chi connectivity index (χ3n) is 3.65. The molecule has 0 aromatic heterocycles. The number of benzene rings is 2. The fourth-order valence-electron chi connectivity index (χ4n) is 2.35. The summed E-state index contributed by atoms with van der Waals surface area (Å²) in [6.45, 7) is 0. The molecule has 0 heterocycles. The highest BCUT2D eigenvalue weighted by molar-refractivity contribution is 5.86. The predicted octanol–water partition coefficient (Wildman–Crippen LogP) is 4.09. The Morgan fingerprint density at radius 3 is 2.29 bits per heavy atom. The number of nitro groups is 1. The Bertz CT molecular complexity index is 900. The van der Waals surface area contributed by atoms with Crippen molar-refractivity contribution in [2.24, 2.45) is 5.10 Å². The standard InChI is InChI=1S/C17H16F3N3O5/c1-26-14-7-4-10(15(27-2)16(14)28-3)9-21-22-12-6-5-11(17(18,19)20)8-13(12)23(24)25/h4-9,22H,1-3H3/b21-9+. The van der Waals surface area contributed by atoms with Crippen LogP contribution in [0.15, 0.2) is 35.4 Å². The minimum Gasteiger partial charge on any atom is -0.493 e. The Kier molecular flexibility index (Phi) is 6.29. The number of hydrogen-bond donors (Lipinski definition) is 1. The molecule has 0 aliphatic carbocycles. The summed E-state index contributed by atoms with van der Waals surface area (Å²) < 4.78 is 53.9. The van der Waals surface area contributed by atoms with Gasteiger partial charge in [0.1, 0.15) is 5.69 Å². The number of alkyl halides is 3. The molecule has 0 saturated carbocycles. The molecule has 0 radical (unpaired) electrons. The van der Waals surface area contributed by atoms with Gasteiger partial charge in [-0.1, -0.05) is 0 Å². The molecule has 0 fully saturated rings.